The highest BCUT2D eigenvalue weighted by Crippen LogP contribution is 2.26. The molecule has 0 spiro atoms. The molecule has 2 aromatic carbocycles. The summed E-state index contributed by atoms with van der Waals surface area (Å²) < 4.78 is 43.2. The summed E-state index contributed by atoms with van der Waals surface area (Å²) in [4.78, 5) is 11.3. The van der Waals surface area contributed by atoms with Crippen LogP contribution in [0, 0.1) is 0 Å². The van der Waals surface area contributed by atoms with E-state index < -0.39 is 18.8 Å². The zero-order chi connectivity index (χ0) is 17.3. The van der Waals surface area contributed by atoms with Gasteiger partial charge in [-0.15, -0.1) is 0 Å². The van der Waals surface area contributed by atoms with E-state index >= 15 is 0 Å². The lowest BCUT2D eigenvalue weighted by molar-refractivity contribution is -0.153. The molecule has 3 rings (SSSR count). The van der Waals surface area contributed by atoms with Gasteiger partial charge < -0.3 is 14.4 Å². The lowest BCUT2D eigenvalue weighted by Gasteiger charge is -2.11. The SMILES string of the molecule is O=C(O)c1cccc2c1ccn2-c1cccc(OCC(F)(F)F)c1. The van der Waals surface area contributed by atoms with Crippen LogP contribution in [0.15, 0.2) is 54.7 Å². The van der Waals surface area contributed by atoms with Gasteiger partial charge in [-0.1, -0.05) is 12.1 Å². The summed E-state index contributed by atoms with van der Waals surface area (Å²) in [6.45, 7) is -1.37. The van der Waals surface area contributed by atoms with Gasteiger partial charge in [-0.25, -0.2) is 4.79 Å². The monoisotopic (exact) mass is 335 g/mol. The molecule has 0 aliphatic heterocycles. The Bertz CT molecular complexity index is 899. The molecule has 124 valence electrons. The van der Waals surface area contributed by atoms with E-state index in [2.05, 4.69) is 0 Å². The predicted molar refractivity (Wildman–Crippen MR) is 81.8 cm³/mol. The van der Waals surface area contributed by atoms with Gasteiger partial charge in [0.1, 0.15) is 5.75 Å². The van der Waals surface area contributed by atoms with Crippen molar-refractivity contribution in [3.63, 3.8) is 0 Å². The van der Waals surface area contributed by atoms with Crippen LogP contribution in [0.2, 0.25) is 0 Å². The number of ether oxygens (including phenoxy) is 1. The first-order chi connectivity index (χ1) is 11.3. The van der Waals surface area contributed by atoms with Gasteiger partial charge in [0.2, 0.25) is 0 Å². The van der Waals surface area contributed by atoms with E-state index in [4.69, 9.17) is 4.74 Å². The third kappa shape index (κ3) is 3.19. The van der Waals surface area contributed by atoms with Crippen molar-refractivity contribution in [2.75, 3.05) is 6.61 Å². The van der Waals surface area contributed by atoms with Crippen LogP contribution in [-0.4, -0.2) is 28.4 Å². The number of alkyl halides is 3. The summed E-state index contributed by atoms with van der Waals surface area (Å²) in [5, 5.41) is 9.76. The first-order valence-corrected chi connectivity index (χ1v) is 6.98. The molecule has 0 aliphatic carbocycles. The number of benzene rings is 2. The van der Waals surface area contributed by atoms with E-state index in [1.54, 1.807) is 41.1 Å². The topological polar surface area (TPSA) is 51.5 Å². The average molecular weight is 335 g/mol. The van der Waals surface area contributed by atoms with Crippen molar-refractivity contribution < 1.29 is 27.8 Å². The third-order valence-corrected chi connectivity index (χ3v) is 3.46. The molecule has 1 aromatic heterocycles. The maximum Gasteiger partial charge on any atom is 0.422 e. The number of hydrogen-bond acceptors (Lipinski definition) is 2. The van der Waals surface area contributed by atoms with E-state index in [0.29, 0.717) is 16.6 Å². The average Bonchev–Trinajstić information content (AvgIpc) is 2.96. The molecule has 0 aliphatic rings. The molecule has 0 radical (unpaired) electrons. The molecule has 3 aromatic rings. The molecular weight excluding hydrogens is 323 g/mol. The molecule has 0 saturated carbocycles. The quantitative estimate of drug-likeness (QED) is 0.775. The molecule has 1 N–H and O–H groups in total. The van der Waals surface area contributed by atoms with Crippen LogP contribution in [0.1, 0.15) is 10.4 Å². The minimum absolute atomic E-state index is 0.0843. The van der Waals surface area contributed by atoms with Gasteiger partial charge in [0.25, 0.3) is 0 Å². The molecule has 24 heavy (non-hydrogen) atoms. The number of nitrogens with zero attached hydrogens (tertiary/aromatic N) is 1. The van der Waals surface area contributed by atoms with Crippen molar-refractivity contribution in [3.05, 3.63) is 60.3 Å². The zero-order valence-corrected chi connectivity index (χ0v) is 12.2. The van der Waals surface area contributed by atoms with E-state index in [1.807, 2.05) is 0 Å². The maximum absolute atomic E-state index is 12.3. The molecule has 0 amide bonds. The molecule has 4 nitrogen and oxygen atoms in total. The zero-order valence-electron chi connectivity index (χ0n) is 12.2. The highest BCUT2D eigenvalue weighted by Gasteiger charge is 2.28. The van der Waals surface area contributed by atoms with Crippen molar-refractivity contribution in [2.24, 2.45) is 0 Å². The van der Waals surface area contributed by atoms with E-state index in [9.17, 15) is 23.1 Å². The van der Waals surface area contributed by atoms with Gasteiger partial charge in [0.15, 0.2) is 6.61 Å². The van der Waals surface area contributed by atoms with Gasteiger partial charge in [-0.05, 0) is 30.3 Å². The van der Waals surface area contributed by atoms with Crippen LogP contribution >= 0.6 is 0 Å². The molecule has 0 atom stereocenters. The Morgan fingerprint density at radius 3 is 2.58 bits per heavy atom. The number of fused-ring (bicyclic) bond motifs is 1. The normalized spacial score (nSPS) is 11.6. The Kier molecular flexibility index (Phi) is 3.92. The molecule has 7 heteroatoms. The van der Waals surface area contributed by atoms with Gasteiger partial charge >= 0.3 is 12.1 Å². The summed E-state index contributed by atoms with van der Waals surface area (Å²) >= 11 is 0. The minimum Gasteiger partial charge on any atom is -0.484 e. The molecule has 1 heterocycles. The Morgan fingerprint density at radius 1 is 1.12 bits per heavy atom. The number of aromatic nitrogens is 1. The highest BCUT2D eigenvalue weighted by atomic mass is 19.4. The second kappa shape index (κ2) is 5.92. The Labute approximate surface area is 134 Å². The summed E-state index contributed by atoms with van der Waals surface area (Å²) in [5.41, 5.74) is 1.38. The molecule has 0 saturated heterocycles. The fourth-order valence-corrected chi connectivity index (χ4v) is 2.47. The van der Waals surface area contributed by atoms with Crippen molar-refractivity contribution in [1.29, 1.82) is 0 Å². The van der Waals surface area contributed by atoms with Gasteiger partial charge in [0, 0.05) is 23.3 Å². The third-order valence-electron chi connectivity index (χ3n) is 3.46. The van der Waals surface area contributed by atoms with E-state index in [0.717, 1.165) is 0 Å². The Balaban J connectivity index is 1.99. The summed E-state index contributed by atoms with van der Waals surface area (Å²) in [6, 6.07) is 12.7. The molecule has 0 fully saturated rings. The second-order valence-electron chi connectivity index (χ2n) is 5.13. The van der Waals surface area contributed by atoms with Crippen LogP contribution in [0.5, 0.6) is 5.75 Å². The van der Waals surface area contributed by atoms with Crippen molar-refractivity contribution in [2.45, 2.75) is 6.18 Å². The summed E-state index contributed by atoms with van der Waals surface area (Å²) in [5.74, 6) is -0.957. The highest BCUT2D eigenvalue weighted by molar-refractivity contribution is 6.03. The first-order valence-electron chi connectivity index (χ1n) is 6.98. The fraction of sp³-hybridized carbons (Fsp3) is 0.118. The van der Waals surface area contributed by atoms with Crippen molar-refractivity contribution >= 4 is 16.9 Å². The standard InChI is InChI=1S/C17H12F3NO3/c18-17(19,20)10-24-12-4-1-3-11(9-12)21-8-7-13-14(16(22)23)5-2-6-15(13)21/h1-9H,10H2,(H,22,23). The van der Waals surface area contributed by atoms with Crippen LogP contribution in [0.25, 0.3) is 16.6 Å². The number of carboxylic acid groups (broad SMARTS) is 1. The summed E-state index contributed by atoms with van der Waals surface area (Å²) in [6.07, 6.45) is -2.74. The van der Waals surface area contributed by atoms with Crippen LogP contribution in [0.4, 0.5) is 13.2 Å². The predicted octanol–water partition coefficient (Wildman–Crippen LogP) is 4.27. The largest absolute Gasteiger partial charge is 0.484 e. The number of carboxylic acids is 1. The minimum atomic E-state index is -4.41. The summed E-state index contributed by atoms with van der Waals surface area (Å²) in [7, 11) is 0. The smallest absolute Gasteiger partial charge is 0.422 e. The van der Waals surface area contributed by atoms with Crippen LogP contribution < -0.4 is 4.74 Å². The fourth-order valence-electron chi connectivity index (χ4n) is 2.47. The van der Waals surface area contributed by atoms with Gasteiger partial charge in [-0.2, -0.15) is 13.2 Å². The molecule has 0 bridgehead atoms. The number of aromatic carboxylic acids is 1. The maximum atomic E-state index is 12.3. The van der Waals surface area contributed by atoms with E-state index in [1.165, 1.54) is 18.2 Å². The van der Waals surface area contributed by atoms with Gasteiger partial charge in [0.05, 0.1) is 11.1 Å². The van der Waals surface area contributed by atoms with Crippen LogP contribution in [0.3, 0.4) is 0 Å². The van der Waals surface area contributed by atoms with Crippen molar-refractivity contribution in [3.8, 4) is 11.4 Å². The number of carbonyl (C=O) groups is 1. The number of hydrogen-bond donors (Lipinski definition) is 1. The van der Waals surface area contributed by atoms with Crippen molar-refractivity contribution in [1.82, 2.24) is 4.57 Å². The van der Waals surface area contributed by atoms with Gasteiger partial charge in [-0.3, -0.25) is 0 Å². The molecular formula is C17H12F3NO3. The van der Waals surface area contributed by atoms with Crippen LogP contribution in [-0.2, 0) is 0 Å². The lowest BCUT2D eigenvalue weighted by atomic mass is 10.1. The number of halogens is 3. The Morgan fingerprint density at radius 2 is 1.88 bits per heavy atom. The number of rotatable bonds is 4. The lowest BCUT2D eigenvalue weighted by Crippen LogP contribution is -2.19. The van der Waals surface area contributed by atoms with E-state index in [-0.39, 0.29) is 11.3 Å². The second-order valence-corrected chi connectivity index (χ2v) is 5.13. The Hall–Kier alpha value is -2.96. The first kappa shape index (κ1) is 15.9. The molecule has 0 unspecified atom stereocenters.